The third-order valence-electron chi connectivity index (χ3n) is 0.826. The van der Waals surface area contributed by atoms with Crippen molar-refractivity contribution in [1.29, 1.82) is 0 Å². The molecule has 0 saturated carbocycles. The van der Waals surface area contributed by atoms with Crippen LogP contribution in [-0.2, 0) is 9.59 Å². The van der Waals surface area contributed by atoms with Gasteiger partial charge in [0, 0.05) is 0 Å². The van der Waals surface area contributed by atoms with Crippen molar-refractivity contribution in [2.24, 2.45) is 5.73 Å². The minimum absolute atomic E-state index is 0.0274. The summed E-state index contributed by atoms with van der Waals surface area (Å²) < 4.78 is 0. The summed E-state index contributed by atoms with van der Waals surface area (Å²) >= 11 is 0. The Hall–Kier alpha value is -1.16. The fraction of sp³-hybridized carbons (Fsp3) is 0.333. The van der Waals surface area contributed by atoms with Crippen molar-refractivity contribution in [2.75, 3.05) is 13.1 Å². The number of primary amides is 1. The topological polar surface area (TPSA) is 72.2 Å². The second kappa shape index (κ2) is 4.69. The van der Waals surface area contributed by atoms with Gasteiger partial charge in [0.2, 0.25) is 5.91 Å². The van der Waals surface area contributed by atoms with E-state index in [0.29, 0.717) is 0 Å². The van der Waals surface area contributed by atoms with Crippen LogP contribution in [0.2, 0.25) is 0 Å². The molecule has 0 heterocycles. The first kappa shape index (κ1) is 8.84. The van der Waals surface area contributed by atoms with Gasteiger partial charge in [-0.1, -0.05) is 6.58 Å². The lowest BCUT2D eigenvalue weighted by Gasteiger charge is -1.95. The van der Waals surface area contributed by atoms with Gasteiger partial charge < -0.3 is 11.1 Å². The van der Waals surface area contributed by atoms with Crippen LogP contribution in [0.3, 0.4) is 0 Å². The first-order valence-corrected chi connectivity index (χ1v) is 2.81. The van der Waals surface area contributed by atoms with E-state index < -0.39 is 5.91 Å². The van der Waals surface area contributed by atoms with Crippen LogP contribution in [0.1, 0.15) is 0 Å². The molecule has 0 spiro atoms. The maximum Gasteiger partial charge on any atom is 0.231 e. The number of hydrogen-bond donors (Lipinski definition) is 2. The second-order valence-corrected chi connectivity index (χ2v) is 1.74. The summed E-state index contributed by atoms with van der Waals surface area (Å²) in [6.45, 7) is 3.40. The van der Waals surface area contributed by atoms with Gasteiger partial charge >= 0.3 is 0 Å². The molecule has 0 unspecified atom stereocenters. The number of carbonyl (C=O) groups excluding carboxylic acids is 2. The zero-order valence-electron chi connectivity index (χ0n) is 5.59. The highest BCUT2D eigenvalue weighted by Gasteiger charge is 1.95. The molecule has 10 heavy (non-hydrogen) atoms. The number of amides is 1. The van der Waals surface area contributed by atoms with Crippen LogP contribution < -0.4 is 11.1 Å². The van der Waals surface area contributed by atoms with Crippen molar-refractivity contribution < 1.29 is 9.59 Å². The largest absolute Gasteiger partial charge is 0.369 e. The first-order valence-electron chi connectivity index (χ1n) is 2.81. The zero-order chi connectivity index (χ0) is 7.98. The monoisotopic (exact) mass is 142 g/mol. The third kappa shape index (κ3) is 4.99. The van der Waals surface area contributed by atoms with Crippen molar-refractivity contribution in [3.8, 4) is 0 Å². The average Bonchev–Trinajstić information content (AvgIpc) is 1.87. The molecule has 0 aromatic heterocycles. The van der Waals surface area contributed by atoms with Gasteiger partial charge in [0.25, 0.3) is 0 Å². The quantitative estimate of drug-likeness (QED) is 0.474. The van der Waals surface area contributed by atoms with Gasteiger partial charge in [-0.3, -0.25) is 9.59 Å². The Morgan fingerprint density at radius 3 is 2.50 bits per heavy atom. The Bertz CT molecular complexity index is 154. The van der Waals surface area contributed by atoms with E-state index in [4.69, 9.17) is 5.73 Å². The molecule has 56 valence electrons. The van der Waals surface area contributed by atoms with Gasteiger partial charge in [-0.2, -0.15) is 0 Å². The predicted molar refractivity (Wildman–Crippen MR) is 37.3 cm³/mol. The molecule has 0 atom stereocenters. The van der Waals surface area contributed by atoms with Crippen LogP contribution in [0.5, 0.6) is 0 Å². The van der Waals surface area contributed by atoms with Gasteiger partial charge in [0.15, 0.2) is 5.78 Å². The van der Waals surface area contributed by atoms with Crippen molar-refractivity contribution in [3.05, 3.63) is 12.7 Å². The van der Waals surface area contributed by atoms with Gasteiger partial charge in [0.05, 0.1) is 13.1 Å². The molecule has 0 aromatic rings. The molecule has 0 aliphatic heterocycles. The molecule has 1 amide bonds. The summed E-state index contributed by atoms with van der Waals surface area (Å²) in [5.41, 5.74) is 4.78. The van der Waals surface area contributed by atoms with Crippen LogP contribution in [0.25, 0.3) is 0 Å². The van der Waals surface area contributed by atoms with Crippen molar-refractivity contribution in [1.82, 2.24) is 5.32 Å². The van der Waals surface area contributed by atoms with E-state index in [-0.39, 0.29) is 18.9 Å². The summed E-state index contributed by atoms with van der Waals surface area (Å²) in [5, 5.41) is 2.54. The second-order valence-electron chi connectivity index (χ2n) is 1.74. The molecule has 0 aliphatic carbocycles. The van der Waals surface area contributed by atoms with E-state index in [9.17, 15) is 9.59 Å². The molecule has 0 rings (SSSR count). The van der Waals surface area contributed by atoms with Gasteiger partial charge in [-0.15, -0.1) is 0 Å². The SMILES string of the molecule is C=CC(=O)CNCC(N)=O. The fourth-order valence-electron chi connectivity index (χ4n) is 0.381. The molecule has 0 bridgehead atoms. The molecule has 0 aromatic carbocycles. The lowest BCUT2D eigenvalue weighted by atomic mass is 10.4. The minimum Gasteiger partial charge on any atom is -0.369 e. The van der Waals surface area contributed by atoms with E-state index in [0.717, 1.165) is 0 Å². The smallest absolute Gasteiger partial charge is 0.231 e. The Morgan fingerprint density at radius 1 is 1.50 bits per heavy atom. The predicted octanol–water partition coefficient (Wildman–Crippen LogP) is -1.18. The number of nitrogens with two attached hydrogens (primary N) is 1. The number of hydrogen-bond acceptors (Lipinski definition) is 3. The molecule has 0 aliphatic rings. The Kier molecular flexibility index (Phi) is 4.15. The van der Waals surface area contributed by atoms with Crippen LogP contribution in [0, 0.1) is 0 Å². The maximum atomic E-state index is 10.5. The molecule has 0 saturated heterocycles. The highest BCUT2D eigenvalue weighted by Crippen LogP contribution is 1.68. The summed E-state index contributed by atoms with van der Waals surface area (Å²) in [6.07, 6.45) is 1.19. The third-order valence-corrected chi connectivity index (χ3v) is 0.826. The Morgan fingerprint density at radius 2 is 2.10 bits per heavy atom. The average molecular weight is 142 g/mol. The summed E-state index contributed by atoms with van der Waals surface area (Å²) in [6, 6.07) is 0. The first-order chi connectivity index (χ1) is 4.66. The number of rotatable bonds is 5. The van der Waals surface area contributed by atoms with E-state index in [1.807, 2.05) is 0 Å². The zero-order valence-corrected chi connectivity index (χ0v) is 5.59. The van der Waals surface area contributed by atoms with Crippen molar-refractivity contribution in [3.63, 3.8) is 0 Å². The van der Waals surface area contributed by atoms with E-state index in [1.165, 1.54) is 6.08 Å². The number of nitrogens with one attached hydrogen (secondary N) is 1. The minimum atomic E-state index is -0.475. The van der Waals surface area contributed by atoms with Crippen LogP contribution in [-0.4, -0.2) is 24.8 Å². The number of carbonyl (C=O) groups is 2. The van der Waals surface area contributed by atoms with Gasteiger partial charge in [-0.25, -0.2) is 0 Å². The fourth-order valence-corrected chi connectivity index (χ4v) is 0.381. The summed E-state index contributed by atoms with van der Waals surface area (Å²) in [5.74, 6) is -0.627. The molecule has 3 N–H and O–H groups in total. The van der Waals surface area contributed by atoms with Crippen LogP contribution in [0.4, 0.5) is 0 Å². The van der Waals surface area contributed by atoms with E-state index in [1.54, 1.807) is 0 Å². The van der Waals surface area contributed by atoms with E-state index >= 15 is 0 Å². The highest BCUT2D eigenvalue weighted by molar-refractivity contribution is 5.91. The maximum absolute atomic E-state index is 10.5. The molecular weight excluding hydrogens is 132 g/mol. The Labute approximate surface area is 59.1 Å². The van der Waals surface area contributed by atoms with Crippen LogP contribution >= 0.6 is 0 Å². The van der Waals surface area contributed by atoms with Crippen molar-refractivity contribution >= 4 is 11.7 Å². The lowest BCUT2D eigenvalue weighted by Crippen LogP contribution is -2.31. The van der Waals surface area contributed by atoms with Crippen molar-refractivity contribution in [2.45, 2.75) is 0 Å². The molecule has 4 heteroatoms. The standard InChI is InChI=1S/C6H10N2O2/c1-2-5(9)3-8-4-6(7)10/h2,8H,1,3-4H2,(H2,7,10). The van der Waals surface area contributed by atoms with E-state index in [2.05, 4.69) is 11.9 Å². The van der Waals surface area contributed by atoms with Gasteiger partial charge in [0.1, 0.15) is 0 Å². The summed E-state index contributed by atoms with van der Waals surface area (Å²) in [7, 11) is 0. The molecular formula is C6H10N2O2. The molecule has 0 radical (unpaired) electrons. The number of ketones is 1. The Balaban J connectivity index is 3.28. The van der Waals surface area contributed by atoms with Gasteiger partial charge in [-0.05, 0) is 6.08 Å². The molecule has 0 fully saturated rings. The summed E-state index contributed by atoms with van der Waals surface area (Å²) in [4.78, 5) is 20.6. The molecule has 4 nitrogen and oxygen atoms in total. The normalized spacial score (nSPS) is 8.80. The lowest BCUT2D eigenvalue weighted by molar-refractivity contribution is -0.117. The highest BCUT2D eigenvalue weighted by atomic mass is 16.1. The van der Waals surface area contributed by atoms with Crippen LogP contribution in [0.15, 0.2) is 12.7 Å².